The molecule has 3 heteroatoms. The molecule has 1 unspecified atom stereocenters. The van der Waals surface area contributed by atoms with Crippen LogP contribution < -0.4 is 0 Å². The Kier molecular flexibility index (Phi) is 6.90. The third-order valence-corrected chi connectivity index (χ3v) is 2.49. The van der Waals surface area contributed by atoms with Crippen LogP contribution in [0.3, 0.4) is 0 Å². The number of aliphatic hydroxyl groups excluding tert-OH is 1. The van der Waals surface area contributed by atoms with Crippen molar-refractivity contribution in [2.24, 2.45) is 0 Å². The number of thioether (sulfide) groups is 1. The third-order valence-electron chi connectivity index (χ3n) is 1.24. The van der Waals surface area contributed by atoms with Crippen molar-refractivity contribution < 1.29 is 9.84 Å². The number of hydrogen-bond acceptors (Lipinski definition) is 3. The van der Waals surface area contributed by atoms with E-state index in [1.165, 1.54) is 0 Å². The maximum absolute atomic E-state index is 9.40. The van der Waals surface area contributed by atoms with Crippen molar-refractivity contribution >= 4 is 11.8 Å². The second-order valence-corrected chi connectivity index (χ2v) is 5.03. The highest BCUT2D eigenvalue weighted by Crippen LogP contribution is 2.10. The molecule has 0 rings (SSSR count). The minimum Gasteiger partial charge on any atom is -0.390 e. The van der Waals surface area contributed by atoms with Crippen LogP contribution in [0.15, 0.2) is 0 Å². The second-order valence-electron chi connectivity index (χ2n) is 3.42. The molecule has 1 atom stereocenters. The van der Waals surface area contributed by atoms with Crippen molar-refractivity contribution in [3.63, 3.8) is 0 Å². The molecular weight excluding hydrogens is 172 g/mol. The van der Waals surface area contributed by atoms with Gasteiger partial charge in [0.25, 0.3) is 0 Å². The van der Waals surface area contributed by atoms with Gasteiger partial charge in [-0.15, -0.1) is 0 Å². The third kappa shape index (κ3) is 8.37. The van der Waals surface area contributed by atoms with Crippen LogP contribution in [0.4, 0.5) is 0 Å². The summed E-state index contributed by atoms with van der Waals surface area (Å²) in [4.78, 5) is 0. The summed E-state index contributed by atoms with van der Waals surface area (Å²) in [7, 11) is 0. The Bertz CT molecular complexity index is 92.7. The van der Waals surface area contributed by atoms with E-state index < -0.39 is 0 Å². The molecule has 0 amide bonds. The van der Waals surface area contributed by atoms with E-state index in [2.05, 4.69) is 13.8 Å². The van der Waals surface area contributed by atoms with Crippen molar-refractivity contribution in [1.29, 1.82) is 0 Å². The molecule has 0 aromatic rings. The molecule has 0 spiro atoms. The average Bonchev–Trinajstić information content (AvgIpc) is 1.96. The van der Waals surface area contributed by atoms with Crippen LogP contribution in [0.2, 0.25) is 0 Å². The van der Waals surface area contributed by atoms with E-state index in [0.29, 0.717) is 11.9 Å². The van der Waals surface area contributed by atoms with Crippen molar-refractivity contribution in [2.45, 2.75) is 45.2 Å². The van der Waals surface area contributed by atoms with Gasteiger partial charge in [-0.1, -0.05) is 13.8 Å². The fraction of sp³-hybridized carbons (Fsp3) is 1.00. The lowest BCUT2D eigenvalue weighted by Gasteiger charge is -2.14. The van der Waals surface area contributed by atoms with Gasteiger partial charge in [0.1, 0.15) is 0 Å². The second kappa shape index (κ2) is 6.75. The molecular formula is C9H20O2S. The Labute approximate surface area is 79.7 Å². The SMILES string of the molecule is CC(C)OCC(O)CSC(C)C. The van der Waals surface area contributed by atoms with Crippen LogP contribution in [0, 0.1) is 0 Å². The summed E-state index contributed by atoms with van der Waals surface area (Å²) in [6, 6.07) is 0. The summed E-state index contributed by atoms with van der Waals surface area (Å²) < 4.78 is 5.27. The lowest BCUT2D eigenvalue weighted by atomic mass is 10.4. The minimum absolute atomic E-state index is 0.212. The molecule has 0 heterocycles. The predicted molar refractivity (Wildman–Crippen MR) is 54.7 cm³/mol. The maximum Gasteiger partial charge on any atom is 0.0864 e. The molecule has 0 fully saturated rings. The first-order valence-corrected chi connectivity index (χ1v) is 5.48. The lowest BCUT2D eigenvalue weighted by Crippen LogP contribution is -2.21. The quantitative estimate of drug-likeness (QED) is 0.697. The van der Waals surface area contributed by atoms with E-state index in [0.717, 1.165) is 5.75 Å². The monoisotopic (exact) mass is 192 g/mol. The van der Waals surface area contributed by atoms with Crippen LogP contribution in [0.1, 0.15) is 27.7 Å². The maximum atomic E-state index is 9.40. The fourth-order valence-electron chi connectivity index (χ4n) is 0.655. The van der Waals surface area contributed by atoms with Crippen LogP contribution in [-0.2, 0) is 4.74 Å². The van der Waals surface area contributed by atoms with Crippen LogP contribution in [0.5, 0.6) is 0 Å². The van der Waals surface area contributed by atoms with E-state index in [-0.39, 0.29) is 12.2 Å². The van der Waals surface area contributed by atoms with E-state index in [1.807, 2.05) is 13.8 Å². The first kappa shape index (κ1) is 12.3. The van der Waals surface area contributed by atoms with Crippen molar-refractivity contribution in [3.8, 4) is 0 Å². The molecule has 74 valence electrons. The van der Waals surface area contributed by atoms with Gasteiger partial charge in [0.2, 0.25) is 0 Å². The Balaban J connectivity index is 3.27. The van der Waals surface area contributed by atoms with E-state index >= 15 is 0 Å². The number of rotatable bonds is 6. The van der Waals surface area contributed by atoms with E-state index in [1.54, 1.807) is 11.8 Å². The smallest absolute Gasteiger partial charge is 0.0864 e. The Morgan fingerprint density at radius 2 is 1.83 bits per heavy atom. The van der Waals surface area contributed by atoms with E-state index in [4.69, 9.17) is 4.74 Å². The number of hydrogen-bond donors (Lipinski definition) is 1. The first-order chi connectivity index (χ1) is 5.52. The molecule has 0 aliphatic carbocycles. The largest absolute Gasteiger partial charge is 0.390 e. The summed E-state index contributed by atoms with van der Waals surface area (Å²) in [5, 5.41) is 9.98. The lowest BCUT2D eigenvalue weighted by molar-refractivity contribution is 0.0152. The molecule has 0 aromatic carbocycles. The van der Waals surface area contributed by atoms with Gasteiger partial charge in [-0.3, -0.25) is 0 Å². The topological polar surface area (TPSA) is 29.5 Å². The summed E-state index contributed by atoms with van der Waals surface area (Å²) >= 11 is 1.76. The highest BCUT2D eigenvalue weighted by molar-refractivity contribution is 7.99. The zero-order valence-electron chi connectivity index (χ0n) is 8.41. The molecule has 0 radical (unpaired) electrons. The van der Waals surface area contributed by atoms with Crippen molar-refractivity contribution in [2.75, 3.05) is 12.4 Å². The van der Waals surface area contributed by atoms with Gasteiger partial charge in [0, 0.05) is 5.75 Å². The Hall–Kier alpha value is 0.270. The average molecular weight is 192 g/mol. The molecule has 1 N–H and O–H groups in total. The summed E-state index contributed by atoms with van der Waals surface area (Å²) in [5.74, 6) is 0.768. The van der Waals surface area contributed by atoms with Gasteiger partial charge in [0.05, 0.1) is 18.8 Å². The zero-order chi connectivity index (χ0) is 9.56. The van der Waals surface area contributed by atoms with Gasteiger partial charge in [0.15, 0.2) is 0 Å². The molecule has 0 aliphatic rings. The van der Waals surface area contributed by atoms with Gasteiger partial charge >= 0.3 is 0 Å². The van der Waals surface area contributed by atoms with Gasteiger partial charge in [-0.25, -0.2) is 0 Å². The van der Waals surface area contributed by atoms with Crippen LogP contribution >= 0.6 is 11.8 Å². The van der Waals surface area contributed by atoms with Crippen LogP contribution in [0.25, 0.3) is 0 Å². The Morgan fingerprint density at radius 1 is 1.25 bits per heavy atom. The first-order valence-electron chi connectivity index (χ1n) is 4.43. The molecule has 0 aliphatic heterocycles. The summed E-state index contributed by atoms with van der Waals surface area (Å²) in [6.07, 6.45) is -0.108. The normalized spacial score (nSPS) is 14.2. The molecule has 0 saturated carbocycles. The van der Waals surface area contributed by atoms with Crippen molar-refractivity contribution in [1.82, 2.24) is 0 Å². The van der Waals surface area contributed by atoms with Crippen molar-refractivity contribution in [3.05, 3.63) is 0 Å². The highest BCUT2D eigenvalue weighted by Gasteiger charge is 2.06. The zero-order valence-corrected chi connectivity index (χ0v) is 9.23. The number of ether oxygens (including phenoxy) is 1. The molecule has 2 nitrogen and oxygen atoms in total. The molecule has 0 aromatic heterocycles. The summed E-state index contributed by atoms with van der Waals surface area (Å²) in [6.45, 7) is 8.66. The van der Waals surface area contributed by atoms with Gasteiger partial charge < -0.3 is 9.84 Å². The molecule has 0 saturated heterocycles. The van der Waals surface area contributed by atoms with Gasteiger partial charge in [-0.2, -0.15) is 11.8 Å². The standard InChI is InChI=1S/C9H20O2S/c1-7(2)11-5-9(10)6-12-8(3)4/h7-10H,5-6H2,1-4H3. The fourth-order valence-corrected chi connectivity index (χ4v) is 1.36. The minimum atomic E-state index is -0.320. The molecule has 0 bridgehead atoms. The van der Waals surface area contributed by atoms with E-state index in [9.17, 15) is 5.11 Å². The molecule has 12 heavy (non-hydrogen) atoms. The highest BCUT2D eigenvalue weighted by atomic mass is 32.2. The summed E-state index contributed by atoms with van der Waals surface area (Å²) in [5.41, 5.74) is 0. The number of aliphatic hydroxyl groups is 1. The Morgan fingerprint density at radius 3 is 2.25 bits per heavy atom. The van der Waals surface area contributed by atoms with Crippen LogP contribution in [-0.4, -0.2) is 34.9 Å². The predicted octanol–water partition coefficient (Wildman–Crippen LogP) is 1.91. The van der Waals surface area contributed by atoms with Gasteiger partial charge in [-0.05, 0) is 19.1 Å².